The third-order valence-corrected chi connectivity index (χ3v) is 16.4. The molecule has 95 heavy (non-hydrogen) atoms. The first-order valence-electron chi connectivity index (χ1n) is 36.1. The van der Waals surface area contributed by atoms with Crippen LogP contribution in [0.25, 0.3) is 0 Å². The number of esters is 3. The van der Waals surface area contributed by atoms with Gasteiger partial charge in [0.2, 0.25) is 0 Å². The van der Waals surface area contributed by atoms with E-state index in [4.69, 9.17) is 32.3 Å². The van der Waals surface area contributed by atoms with Crippen molar-refractivity contribution in [3.63, 3.8) is 0 Å². The van der Waals surface area contributed by atoms with Gasteiger partial charge in [0.05, 0.1) is 26.4 Å². The Kier molecular flexibility index (Phi) is 66.0. The van der Waals surface area contributed by atoms with E-state index in [1.165, 1.54) is 38.5 Å². The van der Waals surface area contributed by atoms with Gasteiger partial charge in [-0.2, -0.15) is 0 Å². The lowest BCUT2D eigenvalue weighted by Gasteiger charge is -2.21. The number of allylic oxidation sites excluding steroid dienone is 24. The molecule has 0 heterocycles. The van der Waals surface area contributed by atoms with Crippen LogP contribution < -0.4 is 0 Å². The number of unbranched alkanes of at least 4 members (excludes halogenated alkanes) is 20. The van der Waals surface area contributed by atoms with Crippen LogP contribution in [0.3, 0.4) is 0 Å². The third-order valence-electron chi connectivity index (χ3n) is 14.5. The highest BCUT2D eigenvalue weighted by atomic mass is 31.2. The van der Waals surface area contributed by atoms with E-state index < -0.39 is 91.5 Å². The van der Waals surface area contributed by atoms with Crippen LogP contribution in [0.5, 0.6) is 0 Å². The second-order valence-corrected chi connectivity index (χ2v) is 26.6. The van der Waals surface area contributed by atoms with Crippen molar-refractivity contribution in [3.8, 4) is 0 Å². The maximum atomic E-state index is 13.0. The minimum absolute atomic E-state index is 0.0813. The molecule has 0 aliphatic heterocycles. The normalized spacial score (nSPS) is 15.0. The molecule has 0 bridgehead atoms. The summed E-state index contributed by atoms with van der Waals surface area (Å²) in [4.78, 5) is 58.5. The number of carbonyl (C=O) groups is 3. The SMILES string of the molecule is CC/C=C\C/C=C\C/C=C\C/C=C\C/C=C\C/C=C\CCCCC(=O)OCC(O)COP(=O)(O)OCC(O)COP(=O)(O)OCC(COC(=O)CCCCCCCC/C=C\C/C=C\C/C=C\CCCCC)OC(=O)CCCCCCCC/C=C\C/C=C\C/C=C\CCCCC. The van der Waals surface area contributed by atoms with Crippen molar-refractivity contribution in [2.24, 2.45) is 0 Å². The highest BCUT2D eigenvalue weighted by Crippen LogP contribution is 2.45. The summed E-state index contributed by atoms with van der Waals surface area (Å²) in [6.07, 6.45) is 83.1. The molecular weight excluding hydrogens is 1240 g/mol. The lowest BCUT2D eigenvalue weighted by atomic mass is 10.1. The molecule has 0 aromatic carbocycles. The zero-order valence-electron chi connectivity index (χ0n) is 58.8. The average Bonchev–Trinajstić information content (AvgIpc) is 1.70. The predicted octanol–water partition coefficient (Wildman–Crippen LogP) is 20.5. The van der Waals surface area contributed by atoms with E-state index in [1.807, 2.05) is 0 Å². The number of aliphatic hydroxyl groups excluding tert-OH is 2. The molecule has 4 N–H and O–H groups in total. The minimum Gasteiger partial charge on any atom is -0.463 e. The maximum Gasteiger partial charge on any atom is 0.472 e. The number of rotatable bonds is 67. The number of hydrogen-bond acceptors (Lipinski definition) is 14. The summed E-state index contributed by atoms with van der Waals surface area (Å²) in [6.45, 7) is 2.41. The van der Waals surface area contributed by atoms with E-state index in [0.29, 0.717) is 19.3 Å². The van der Waals surface area contributed by atoms with E-state index in [9.17, 15) is 43.5 Å². The first-order chi connectivity index (χ1) is 46.2. The molecule has 5 atom stereocenters. The average molecular weight is 1370 g/mol. The van der Waals surface area contributed by atoms with Crippen LogP contribution in [-0.4, -0.2) is 95.9 Å². The smallest absolute Gasteiger partial charge is 0.463 e. The van der Waals surface area contributed by atoms with Crippen molar-refractivity contribution in [1.82, 2.24) is 0 Å². The van der Waals surface area contributed by atoms with Crippen molar-refractivity contribution < 1.29 is 75.8 Å². The molecule has 542 valence electrons. The van der Waals surface area contributed by atoms with E-state index in [1.54, 1.807) is 0 Å². The molecule has 0 aromatic heterocycles. The summed E-state index contributed by atoms with van der Waals surface area (Å²) in [7, 11) is -9.81. The van der Waals surface area contributed by atoms with Crippen LogP contribution in [0.4, 0.5) is 0 Å². The van der Waals surface area contributed by atoms with Gasteiger partial charge in [-0.05, 0) is 148 Å². The van der Waals surface area contributed by atoms with Crippen LogP contribution in [-0.2, 0) is 55.8 Å². The zero-order valence-corrected chi connectivity index (χ0v) is 60.6. The molecule has 5 unspecified atom stereocenters. The molecule has 18 heteroatoms. The van der Waals surface area contributed by atoms with Crippen molar-refractivity contribution in [2.45, 2.75) is 283 Å². The first-order valence-corrected chi connectivity index (χ1v) is 39.1. The molecule has 0 aliphatic carbocycles. The fraction of sp³-hybridized carbons (Fsp3) is 0.649. The molecule has 0 aliphatic rings. The molecule has 0 amide bonds. The standard InChI is InChI=1S/C77H128O16P2/c1-4-7-10-13-16-19-22-25-28-31-34-35-38-40-42-45-48-51-54-57-60-63-75(80)87-66-72(78)67-89-94(83,84)90-68-73(79)69-91-95(85,86)92-71-74(93-77(82)65-62-59-56-53-50-47-44-41-37-33-30-27-24-21-18-15-12-9-6-3)70-88-76(81)64-61-58-55-52-49-46-43-39-36-32-29-26-23-20-17-14-11-8-5-2/h7,10,16-21,25-30,34-37,39-42,48,51,72-74,78-79H,4-6,8-9,11-15,22-24,31-33,38,43-47,49-50,52-71H2,1-3H3,(H,83,84)(H,85,86)/b10-7-,19-16-,20-17-,21-18-,28-25-,29-26-,30-27-,35-34-,39-36-,41-37-,42-40-,51-48-. The van der Waals surface area contributed by atoms with Gasteiger partial charge in [-0.1, -0.05) is 244 Å². The van der Waals surface area contributed by atoms with Crippen molar-refractivity contribution in [1.29, 1.82) is 0 Å². The van der Waals surface area contributed by atoms with E-state index in [0.717, 1.165) is 167 Å². The van der Waals surface area contributed by atoms with Gasteiger partial charge >= 0.3 is 33.6 Å². The Morgan fingerprint density at radius 2 is 0.558 bits per heavy atom. The lowest BCUT2D eigenvalue weighted by Crippen LogP contribution is -2.30. The molecule has 0 saturated heterocycles. The highest BCUT2D eigenvalue weighted by Gasteiger charge is 2.29. The summed E-state index contributed by atoms with van der Waals surface area (Å²) in [6, 6.07) is 0. The van der Waals surface area contributed by atoms with E-state index in [-0.39, 0.29) is 19.3 Å². The van der Waals surface area contributed by atoms with E-state index in [2.05, 4.69) is 167 Å². The van der Waals surface area contributed by atoms with Crippen LogP contribution in [0.2, 0.25) is 0 Å². The number of phosphoric acid groups is 2. The highest BCUT2D eigenvalue weighted by molar-refractivity contribution is 7.47. The molecule has 16 nitrogen and oxygen atoms in total. The summed E-state index contributed by atoms with van der Waals surface area (Å²) in [5.74, 6) is -1.65. The van der Waals surface area contributed by atoms with Crippen molar-refractivity contribution in [3.05, 3.63) is 146 Å². The van der Waals surface area contributed by atoms with Gasteiger partial charge in [0.1, 0.15) is 25.4 Å². The second-order valence-electron chi connectivity index (χ2n) is 23.6. The number of carbonyl (C=O) groups excluding carboxylic acids is 3. The largest absolute Gasteiger partial charge is 0.472 e. The Hall–Kier alpha value is -4.57. The summed E-state index contributed by atoms with van der Waals surface area (Å²) >= 11 is 0. The van der Waals surface area contributed by atoms with Crippen molar-refractivity contribution >= 4 is 33.6 Å². The maximum absolute atomic E-state index is 13.0. The van der Waals surface area contributed by atoms with Gasteiger partial charge in [-0.25, -0.2) is 9.13 Å². The summed E-state index contributed by atoms with van der Waals surface area (Å²) in [5, 5.41) is 20.6. The van der Waals surface area contributed by atoms with Crippen LogP contribution >= 0.6 is 15.6 Å². The van der Waals surface area contributed by atoms with Crippen LogP contribution in [0.15, 0.2) is 146 Å². The second kappa shape index (κ2) is 69.3. The predicted molar refractivity (Wildman–Crippen MR) is 389 cm³/mol. The van der Waals surface area contributed by atoms with Gasteiger partial charge in [0.15, 0.2) is 6.10 Å². The molecule has 0 fully saturated rings. The Balaban J connectivity index is 4.78. The molecule has 0 saturated carbocycles. The first kappa shape index (κ1) is 90.4. The molecule has 0 spiro atoms. The monoisotopic (exact) mass is 1370 g/mol. The van der Waals surface area contributed by atoms with Crippen LogP contribution in [0.1, 0.15) is 265 Å². The van der Waals surface area contributed by atoms with Gasteiger partial charge in [0.25, 0.3) is 0 Å². The Morgan fingerprint density at radius 1 is 0.305 bits per heavy atom. The fourth-order valence-electron chi connectivity index (χ4n) is 9.00. The summed E-state index contributed by atoms with van der Waals surface area (Å²) < 4.78 is 61.0. The molecule has 0 rings (SSSR count). The Morgan fingerprint density at radius 3 is 0.905 bits per heavy atom. The van der Waals surface area contributed by atoms with Gasteiger partial charge in [-0.3, -0.25) is 32.5 Å². The molecule has 0 radical (unpaired) electrons. The molecular formula is C77H128O16P2. The Bertz CT molecular complexity index is 2310. The van der Waals surface area contributed by atoms with E-state index >= 15 is 0 Å². The van der Waals surface area contributed by atoms with Gasteiger partial charge in [0, 0.05) is 19.3 Å². The molecule has 0 aromatic rings. The number of phosphoric ester groups is 2. The van der Waals surface area contributed by atoms with Gasteiger partial charge in [-0.15, -0.1) is 0 Å². The van der Waals surface area contributed by atoms with Crippen molar-refractivity contribution in [2.75, 3.05) is 39.6 Å². The lowest BCUT2D eigenvalue weighted by molar-refractivity contribution is -0.161. The number of ether oxygens (including phenoxy) is 3. The third kappa shape index (κ3) is 70.6. The van der Waals surface area contributed by atoms with Gasteiger partial charge < -0.3 is 34.2 Å². The number of aliphatic hydroxyl groups is 2. The Labute approximate surface area is 575 Å². The summed E-state index contributed by atoms with van der Waals surface area (Å²) in [5.41, 5.74) is 0. The number of hydrogen-bond donors (Lipinski definition) is 4. The zero-order chi connectivity index (χ0) is 69.5. The quantitative estimate of drug-likeness (QED) is 0.0146. The minimum atomic E-state index is -4.94. The topological polar surface area (TPSA) is 231 Å². The van der Waals surface area contributed by atoms with Crippen LogP contribution in [0, 0.1) is 0 Å². The fourth-order valence-corrected chi connectivity index (χ4v) is 10.6.